The van der Waals surface area contributed by atoms with Crippen LogP contribution in [-0.2, 0) is 6.42 Å². The molecule has 2 aromatic carbocycles. The van der Waals surface area contributed by atoms with E-state index in [1.54, 1.807) is 12.1 Å². The minimum atomic E-state index is -0.453. The van der Waals surface area contributed by atoms with E-state index in [0.717, 1.165) is 16.3 Å². The van der Waals surface area contributed by atoms with Crippen molar-refractivity contribution in [1.82, 2.24) is 9.97 Å². The molecule has 1 aliphatic rings. The molecule has 0 atom stereocenters. The van der Waals surface area contributed by atoms with Gasteiger partial charge in [0.2, 0.25) is 0 Å². The van der Waals surface area contributed by atoms with Gasteiger partial charge < -0.3 is 4.98 Å². The molecule has 3 aromatic rings. The fourth-order valence-electron chi connectivity index (χ4n) is 2.54. The summed E-state index contributed by atoms with van der Waals surface area (Å²) in [6, 6.07) is 9.08. The highest BCUT2D eigenvalue weighted by Crippen LogP contribution is 2.39. The molecule has 130 valence electrons. The zero-order chi connectivity index (χ0) is 18.3. The molecular weight excluding hydrogens is 378 g/mol. The maximum Gasteiger partial charge on any atom is 0.271 e. The lowest BCUT2D eigenvalue weighted by molar-refractivity contribution is -0.385. The molecule has 0 bridgehead atoms. The Kier molecular flexibility index (Phi) is 4.09. The molecule has 0 spiro atoms. The van der Waals surface area contributed by atoms with Crippen molar-refractivity contribution < 1.29 is 9.85 Å². The van der Waals surface area contributed by atoms with Crippen molar-refractivity contribution in [2.45, 2.75) is 11.6 Å². The summed E-state index contributed by atoms with van der Waals surface area (Å²) in [6.45, 7) is 0. The van der Waals surface area contributed by atoms with Gasteiger partial charge >= 0.3 is 0 Å². The van der Waals surface area contributed by atoms with Gasteiger partial charge in [0.05, 0.1) is 31.6 Å². The van der Waals surface area contributed by atoms with Crippen molar-refractivity contribution in [1.29, 1.82) is 0 Å². The average molecular weight is 387 g/mol. The van der Waals surface area contributed by atoms with Crippen molar-refractivity contribution in [3.63, 3.8) is 0 Å². The standard InChI is InChI=1S/C15H9N5O4S2/c21-19(22)9-1-3-11-8(5-9)6-14(16-11)25-26-15-17-12-4-2-10(20(23)24)7-13(12)18-15/h1-5,7H,6H2,(H,17,18). The molecule has 4 rings (SSSR count). The molecule has 1 N–H and O–H groups in total. The van der Waals surface area contributed by atoms with Crippen LogP contribution >= 0.6 is 21.6 Å². The van der Waals surface area contributed by atoms with E-state index in [9.17, 15) is 20.2 Å². The van der Waals surface area contributed by atoms with Crippen molar-refractivity contribution in [3.8, 4) is 0 Å². The zero-order valence-corrected chi connectivity index (χ0v) is 14.5. The van der Waals surface area contributed by atoms with Crippen LogP contribution in [0.4, 0.5) is 17.1 Å². The van der Waals surface area contributed by atoms with Gasteiger partial charge in [-0.2, -0.15) is 0 Å². The molecule has 0 saturated heterocycles. The van der Waals surface area contributed by atoms with E-state index in [4.69, 9.17) is 0 Å². The van der Waals surface area contributed by atoms with Gasteiger partial charge in [0.25, 0.3) is 11.4 Å². The molecule has 0 saturated carbocycles. The highest BCUT2D eigenvalue weighted by atomic mass is 33.1. The number of nitrogens with one attached hydrogen (secondary N) is 1. The molecule has 0 radical (unpaired) electrons. The number of fused-ring (bicyclic) bond motifs is 2. The highest BCUT2D eigenvalue weighted by molar-refractivity contribution is 8.82. The third-order valence-corrected chi connectivity index (χ3v) is 5.90. The number of nitrogens with zero attached hydrogens (tertiary/aromatic N) is 4. The predicted molar refractivity (Wildman–Crippen MR) is 100 cm³/mol. The number of nitro groups is 2. The molecule has 0 amide bonds. The van der Waals surface area contributed by atoms with Crippen LogP contribution in [0.25, 0.3) is 11.0 Å². The Morgan fingerprint density at radius 3 is 2.50 bits per heavy atom. The monoisotopic (exact) mass is 387 g/mol. The van der Waals surface area contributed by atoms with Gasteiger partial charge in [-0.15, -0.1) is 0 Å². The molecule has 0 fully saturated rings. The topological polar surface area (TPSA) is 127 Å². The van der Waals surface area contributed by atoms with Crippen LogP contribution in [0.2, 0.25) is 0 Å². The lowest BCUT2D eigenvalue weighted by Gasteiger charge is -1.97. The second-order valence-corrected chi connectivity index (χ2v) is 7.61. The molecule has 2 heterocycles. The van der Waals surface area contributed by atoms with E-state index in [2.05, 4.69) is 15.0 Å². The summed E-state index contributed by atoms with van der Waals surface area (Å²) in [5.41, 5.74) is 2.85. The Hall–Kier alpha value is -2.92. The van der Waals surface area contributed by atoms with Crippen LogP contribution in [0.5, 0.6) is 0 Å². The molecule has 26 heavy (non-hydrogen) atoms. The quantitative estimate of drug-likeness (QED) is 0.399. The minimum Gasteiger partial charge on any atom is -0.332 e. The number of benzene rings is 2. The van der Waals surface area contributed by atoms with Crippen LogP contribution in [0, 0.1) is 20.2 Å². The van der Waals surface area contributed by atoms with Crippen LogP contribution < -0.4 is 0 Å². The second-order valence-electron chi connectivity index (χ2n) is 5.42. The minimum absolute atomic E-state index is 0.00237. The molecular formula is C15H9N5O4S2. The Morgan fingerprint density at radius 2 is 1.73 bits per heavy atom. The lowest BCUT2D eigenvalue weighted by atomic mass is 10.1. The molecule has 1 aliphatic heterocycles. The number of hydrogen-bond acceptors (Lipinski definition) is 8. The Morgan fingerprint density at radius 1 is 1.00 bits per heavy atom. The highest BCUT2D eigenvalue weighted by Gasteiger charge is 2.19. The van der Waals surface area contributed by atoms with Crippen LogP contribution in [0.3, 0.4) is 0 Å². The maximum atomic E-state index is 10.8. The first-order chi connectivity index (χ1) is 12.5. The van der Waals surface area contributed by atoms with Gasteiger partial charge in [-0.3, -0.25) is 20.2 Å². The zero-order valence-electron chi connectivity index (χ0n) is 12.9. The number of rotatable bonds is 4. The number of nitro benzene ring substituents is 2. The molecule has 9 nitrogen and oxygen atoms in total. The van der Waals surface area contributed by atoms with E-state index in [1.165, 1.54) is 45.9 Å². The van der Waals surface area contributed by atoms with Crippen LogP contribution in [-0.4, -0.2) is 24.9 Å². The van der Waals surface area contributed by atoms with Gasteiger partial charge in [0.15, 0.2) is 5.16 Å². The maximum absolute atomic E-state index is 10.8. The van der Waals surface area contributed by atoms with Crippen LogP contribution in [0.1, 0.15) is 5.56 Å². The van der Waals surface area contributed by atoms with Gasteiger partial charge in [-0.25, -0.2) is 9.98 Å². The molecule has 1 aromatic heterocycles. The average Bonchev–Trinajstić information content (AvgIpc) is 3.21. The summed E-state index contributed by atoms with van der Waals surface area (Å²) < 4.78 is 0. The summed E-state index contributed by atoms with van der Waals surface area (Å²) in [5.74, 6) is 0. The van der Waals surface area contributed by atoms with Gasteiger partial charge in [0.1, 0.15) is 0 Å². The Bertz CT molecular complexity index is 1090. The van der Waals surface area contributed by atoms with E-state index < -0.39 is 9.85 Å². The van der Waals surface area contributed by atoms with E-state index in [-0.39, 0.29) is 11.4 Å². The molecule has 11 heteroatoms. The van der Waals surface area contributed by atoms with Gasteiger partial charge in [-0.1, -0.05) is 0 Å². The first kappa shape index (κ1) is 16.5. The SMILES string of the molecule is O=[N+]([O-])c1ccc2c(c1)CC(SSc1nc3ccc([N+](=O)[O-])cc3[nH]1)=N2. The van der Waals surface area contributed by atoms with E-state index in [0.29, 0.717) is 22.6 Å². The van der Waals surface area contributed by atoms with E-state index in [1.807, 2.05) is 0 Å². The number of hydrogen-bond donors (Lipinski definition) is 1. The largest absolute Gasteiger partial charge is 0.332 e. The van der Waals surface area contributed by atoms with Crippen molar-refractivity contribution in [2.75, 3.05) is 0 Å². The van der Waals surface area contributed by atoms with Gasteiger partial charge in [0, 0.05) is 30.7 Å². The summed E-state index contributed by atoms with van der Waals surface area (Å²) in [7, 11) is 2.76. The van der Waals surface area contributed by atoms with Gasteiger partial charge in [-0.05, 0) is 39.3 Å². The van der Waals surface area contributed by atoms with E-state index >= 15 is 0 Å². The van der Waals surface area contributed by atoms with Crippen molar-refractivity contribution >= 4 is 54.7 Å². The number of non-ortho nitro benzene ring substituents is 2. The number of H-pyrrole nitrogens is 1. The summed E-state index contributed by atoms with van der Waals surface area (Å²) in [4.78, 5) is 32.7. The first-order valence-electron chi connectivity index (χ1n) is 7.33. The lowest BCUT2D eigenvalue weighted by Crippen LogP contribution is -1.92. The number of aromatic nitrogens is 2. The smallest absolute Gasteiger partial charge is 0.271 e. The summed E-state index contributed by atoms with van der Waals surface area (Å²) >= 11 is 0. The third kappa shape index (κ3) is 3.13. The summed E-state index contributed by atoms with van der Waals surface area (Å²) in [6.07, 6.45) is 0.528. The fraction of sp³-hybridized carbons (Fsp3) is 0.0667. The first-order valence-corrected chi connectivity index (χ1v) is 9.48. The van der Waals surface area contributed by atoms with Crippen molar-refractivity contribution in [3.05, 3.63) is 62.2 Å². The predicted octanol–water partition coefficient (Wildman–Crippen LogP) is 4.41. The third-order valence-electron chi connectivity index (χ3n) is 3.73. The number of imidazole rings is 1. The van der Waals surface area contributed by atoms with Crippen LogP contribution in [0.15, 0.2) is 46.5 Å². The molecule has 0 unspecified atom stereocenters. The summed E-state index contributed by atoms with van der Waals surface area (Å²) in [5, 5.41) is 23.1. The Balaban J connectivity index is 1.47. The van der Waals surface area contributed by atoms with Crippen molar-refractivity contribution in [2.24, 2.45) is 4.99 Å². The Labute approximate surface area is 153 Å². The number of aliphatic imine (C=N–C) groups is 1. The second kappa shape index (κ2) is 6.42. The number of aromatic amines is 1. The fourth-order valence-corrected chi connectivity index (χ4v) is 4.40. The normalized spacial score (nSPS) is 12.8. The molecule has 0 aliphatic carbocycles.